The third kappa shape index (κ3) is 1.30. The van der Waals surface area contributed by atoms with Gasteiger partial charge in [-0.2, -0.15) is 0 Å². The number of benzene rings is 1. The van der Waals surface area contributed by atoms with E-state index in [0.29, 0.717) is 5.92 Å². The largest absolute Gasteiger partial charge is 0.389 e. The minimum absolute atomic E-state index is 0.377. The maximum absolute atomic E-state index is 9.67. The number of anilines is 1. The average molecular weight is 191 g/mol. The Morgan fingerprint density at radius 3 is 2.86 bits per heavy atom. The highest BCUT2D eigenvalue weighted by molar-refractivity contribution is 5.65. The van der Waals surface area contributed by atoms with Gasteiger partial charge in [-0.1, -0.05) is 25.1 Å². The van der Waals surface area contributed by atoms with Crippen LogP contribution in [0.4, 0.5) is 5.69 Å². The van der Waals surface area contributed by atoms with Gasteiger partial charge in [0.2, 0.25) is 0 Å². The van der Waals surface area contributed by atoms with E-state index in [0.717, 1.165) is 12.1 Å². The number of fused-ring (bicyclic) bond motifs is 1. The number of hydrogen-bond acceptors (Lipinski definition) is 2. The number of rotatable bonds is 1. The molecule has 0 fully saturated rings. The Kier molecular flexibility index (Phi) is 2.23. The van der Waals surface area contributed by atoms with Crippen molar-refractivity contribution in [3.8, 4) is 0 Å². The molecule has 14 heavy (non-hydrogen) atoms. The molecular weight excluding hydrogens is 174 g/mol. The van der Waals surface area contributed by atoms with Crippen molar-refractivity contribution >= 4 is 5.69 Å². The molecular formula is C12H17NO. The Balaban J connectivity index is 2.56. The molecule has 1 aromatic rings. The van der Waals surface area contributed by atoms with Crippen LogP contribution in [0.5, 0.6) is 0 Å². The van der Waals surface area contributed by atoms with Crippen molar-refractivity contribution in [1.82, 2.24) is 0 Å². The number of hydrogen-bond donors (Lipinski definition) is 1. The predicted molar refractivity (Wildman–Crippen MR) is 58.8 cm³/mol. The van der Waals surface area contributed by atoms with Crippen LogP contribution in [0.25, 0.3) is 0 Å². The van der Waals surface area contributed by atoms with Crippen LogP contribution in [-0.4, -0.2) is 18.7 Å². The van der Waals surface area contributed by atoms with Gasteiger partial charge in [-0.3, -0.25) is 0 Å². The molecule has 1 aromatic carbocycles. The maximum Gasteiger partial charge on any atom is 0.0782 e. The Morgan fingerprint density at radius 2 is 2.21 bits per heavy atom. The SMILES string of the molecule is CC(O)c1cccc2c1N(C)CC2C. The first-order chi connectivity index (χ1) is 6.61. The van der Waals surface area contributed by atoms with E-state index >= 15 is 0 Å². The van der Waals surface area contributed by atoms with E-state index in [9.17, 15) is 5.11 Å². The molecule has 1 heterocycles. The lowest BCUT2D eigenvalue weighted by Crippen LogP contribution is -2.15. The second-order valence-corrected chi connectivity index (χ2v) is 4.24. The standard InChI is InChI=1S/C12H17NO/c1-8-7-13(3)12-10(8)5-4-6-11(12)9(2)14/h4-6,8-9,14H,7H2,1-3H3. The van der Waals surface area contributed by atoms with Gasteiger partial charge in [0, 0.05) is 30.8 Å². The monoisotopic (exact) mass is 191 g/mol. The van der Waals surface area contributed by atoms with Crippen molar-refractivity contribution in [3.63, 3.8) is 0 Å². The molecule has 2 heteroatoms. The summed E-state index contributed by atoms with van der Waals surface area (Å²) in [5.41, 5.74) is 3.65. The van der Waals surface area contributed by atoms with Crippen LogP contribution in [0.3, 0.4) is 0 Å². The van der Waals surface area contributed by atoms with Gasteiger partial charge in [0.15, 0.2) is 0 Å². The molecule has 1 aliphatic heterocycles. The third-order valence-electron chi connectivity index (χ3n) is 3.01. The first-order valence-electron chi connectivity index (χ1n) is 5.13. The zero-order valence-corrected chi connectivity index (χ0v) is 8.99. The molecule has 2 rings (SSSR count). The van der Waals surface area contributed by atoms with Gasteiger partial charge in [-0.25, -0.2) is 0 Å². The molecule has 0 amide bonds. The molecule has 2 nitrogen and oxygen atoms in total. The van der Waals surface area contributed by atoms with Crippen LogP contribution < -0.4 is 4.90 Å². The fourth-order valence-electron chi connectivity index (χ4n) is 2.36. The molecule has 0 spiro atoms. The van der Waals surface area contributed by atoms with E-state index in [1.165, 1.54) is 11.3 Å². The molecule has 0 saturated heterocycles. The maximum atomic E-state index is 9.67. The minimum atomic E-state index is -0.377. The molecule has 0 bridgehead atoms. The lowest BCUT2D eigenvalue weighted by atomic mass is 9.99. The fraction of sp³-hybridized carbons (Fsp3) is 0.500. The lowest BCUT2D eigenvalue weighted by molar-refractivity contribution is 0.200. The first-order valence-corrected chi connectivity index (χ1v) is 5.13. The van der Waals surface area contributed by atoms with E-state index in [1.807, 2.05) is 19.1 Å². The number of aliphatic hydroxyl groups excluding tert-OH is 1. The predicted octanol–water partition coefficient (Wildman–Crippen LogP) is 2.29. The summed E-state index contributed by atoms with van der Waals surface area (Å²) < 4.78 is 0. The van der Waals surface area contributed by atoms with Crippen LogP contribution in [0.15, 0.2) is 18.2 Å². The van der Waals surface area contributed by atoms with Crippen LogP contribution in [0, 0.1) is 0 Å². The lowest BCUT2D eigenvalue weighted by Gasteiger charge is -2.18. The number of likely N-dealkylation sites (N-methyl/N-ethyl adjacent to an activating group) is 1. The molecule has 0 saturated carbocycles. The molecule has 1 N–H and O–H groups in total. The molecule has 0 aromatic heterocycles. The summed E-state index contributed by atoms with van der Waals surface area (Å²) in [5, 5.41) is 9.67. The van der Waals surface area contributed by atoms with Gasteiger partial charge in [0.25, 0.3) is 0 Å². The average Bonchev–Trinajstić information content (AvgIpc) is 2.43. The van der Waals surface area contributed by atoms with Gasteiger partial charge in [0.1, 0.15) is 0 Å². The molecule has 76 valence electrons. The summed E-state index contributed by atoms with van der Waals surface area (Å²) in [6, 6.07) is 6.21. The van der Waals surface area contributed by atoms with E-state index < -0.39 is 0 Å². The van der Waals surface area contributed by atoms with Crippen molar-refractivity contribution in [2.45, 2.75) is 25.9 Å². The Bertz CT molecular complexity index is 346. The molecule has 0 radical (unpaired) electrons. The Morgan fingerprint density at radius 1 is 1.50 bits per heavy atom. The summed E-state index contributed by atoms with van der Waals surface area (Å²) in [7, 11) is 2.09. The zero-order chi connectivity index (χ0) is 10.3. The zero-order valence-electron chi connectivity index (χ0n) is 8.99. The summed E-state index contributed by atoms with van der Waals surface area (Å²) >= 11 is 0. The molecule has 2 atom stereocenters. The molecule has 0 aliphatic carbocycles. The smallest absolute Gasteiger partial charge is 0.0782 e. The second-order valence-electron chi connectivity index (χ2n) is 4.24. The highest BCUT2D eigenvalue weighted by Gasteiger charge is 2.26. The molecule has 1 aliphatic rings. The summed E-state index contributed by atoms with van der Waals surface area (Å²) in [6.45, 7) is 5.11. The highest BCUT2D eigenvalue weighted by Crippen LogP contribution is 2.39. The summed E-state index contributed by atoms with van der Waals surface area (Å²) in [5.74, 6) is 0.577. The van der Waals surface area contributed by atoms with E-state index in [1.54, 1.807) is 0 Å². The second kappa shape index (κ2) is 3.28. The van der Waals surface area contributed by atoms with Crippen molar-refractivity contribution < 1.29 is 5.11 Å². The Hall–Kier alpha value is -1.02. The van der Waals surface area contributed by atoms with E-state index in [-0.39, 0.29) is 6.10 Å². The van der Waals surface area contributed by atoms with Gasteiger partial charge in [-0.15, -0.1) is 0 Å². The van der Waals surface area contributed by atoms with E-state index in [4.69, 9.17) is 0 Å². The van der Waals surface area contributed by atoms with Gasteiger partial charge in [-0.05, 0) is 12.5 Å². The van der Waals surface area contributed by atoms with Gasteiger partial charge in [0.05, 0.1) is 6.10 Å². The van der Waals surface area contributed by atoms with E-state index in [2.05, 4.69) is 24.9 Å². The summed E-state index contributed by atoms with van der Waals surface area (Å²) in [4.78, 5) is 2.24. The van der Waals surface area contributed by atoms with Gasteiger partial charge >= 0.3 is 0 Å². The van der Waals surface area contributed by atoms with Crippen LogP contribution in [0.2, 0.25) is 0 Å². The van der Waals surface area contributed by atoms with Crippen LogP contribution in [-0.2, 0) is 0 Å². The third-order valence-corrected chi connectivity index (χ3v) is 3.01. The quantitative estimate of drug-likeness (QED) is 0.736. The van der Waals surface area contributed by atoms with Crippen LogP contribution in [0.1, 0.15) is 37.0 Å². The fourth-order valence-corrected chi connectivity index (χ4v) is 2.36. The number of para-hydroxylation sites is 1. The topological polar surface area (TPSA) is 23.5 Å². The number of aliphatic hydroxyl groups is 1. The van der Waals surface area contributed by atoms with Crippen molar-refractivity contribution in [1.29, 1.82) is 0 Å². The minimum Gasteiger partial charge on any atom is -0.389 e. The highest BCUT2D eigenvalue weighted by atomic mass is 16.3. The summed E-state index contributed by atoms with van der Waals surface area (Å²) in [6.07, 6.45) is -0.377. The molecule has 2 unspecified atom stereocenters. The number of nitrogens with zero attached hydrogens (tertiary/aromatic N) is 1. The van der Waals surface area contributed by atoms with Crippen molar-refractivity contribution in [2.75, 3.05) is 18.5 Å². The Labute approximate surface area is 85.2 Å². The van der Waals surface area contributed by atoms with Crippen molar-refractivity contribution in [2.24, 2.45) is 0 Å². The normalized spacial score (nSPS) is 22.3. The van der Waals surface area contributed by atoms with Crippen molar-refractivity contribution in [3.05, 3.63) is 29.3 Å². The van der Waals surface area contributed by atoms with Crippen LogP contribution >= 0.6 is 0 Å². The van der Waals surface area contributed by atoms with Gasteiger partial charge < -0.3 is 10.0 Å². The first kappa shape index (κ1) is 9.53.